The molecule has 6 heteroatoms. The summed E-state index contributed by atoms with van der Waals surface area (Å²) in [5.41, 5.74) is -0.212. The fourth-order valence-corrected chi connectivity index (χ4v) is 1.72. The minimum atomic E-state index is -0.212. The van der Waals surface area contributed by atoms with Crippen molar-refractivity contribution < 1.29 is 0 Å². The van der Waals surface area contributed by atoms with Gasteiger partial charge in [0.15, 0.2) is 0 Å². The van der Waals surface area contributed by atoms with Crippen molar-refractivity contribution in [3.63, 3.8) is 0 Å². The van der Waals surface area contributed by atoms with Crippen LogP contribution in [0.15, 0.2) is 15.9 Å². The van der Waals surface area contributed by atoms with Crippen molar-refractivity contribution in [2.75, 3.05) is 18.0 Å². The number of hydrogen-bond donors (Lipinski definition) is 1. The number of isothiocyanates is 1. The number of nitrogens with zero attached hydrogens (tertiary/aromatic N) is 3. The van der Waals surface area contributed by atoms with Gasteiger partial charge in [-0.2, -0.15) is 9.98 Å². The van der Waals surface area contributed by atoms with Gasteiger partial charge in [0, 0.05) is 19.2 Å². The molecule has 2 rings (SSSR count). The van der Waals surface area contributed by atoms with E-state index in [1.165, 1.54) is 6.07 Å². The van der Waals surface area contributed by atoms with Crippen molar-refractivity contribution in [3.05, 3.63) is 16.4 Å². The van der Waals surface area contributed by atoms with Gasteiger partial charge in [-0.3, -0.25) is 9.78 Å². The quantitative estimate of drug-likeness (QED) is 0.601. The van der Waals surface area contributed by atoms with E-state index < -0.39 is 0 Å². The van der Waals surface area contributed by atoms with Gasteiger partial charge in [-0.15, -0.1) is 0 Å². The first-order valence-corrected chi connectivity index (χ1v) is 5.14. The molecular formula is C9H10N4OS. The molecule has 5 nitrogen and oxygen atoms in total. The first-order valence-electron chi connectivity index (χ1n) is 4.74. The van der Waals surface area contributed by atoms with E-state index in [4.69, 9.17) is 0 Å². The molecule has 0 aliphatic carbocycles. The number of aromatic amines is 1. The highest BCUT2D eigenvalue weighted by molar-refractivity contribution is 7.78. The summed E-state index contributed by atoms with van der Waals surface area (Å²) in [6.07, 6.45) is 2.28. The van der Waals surface area contributed by atoms with Crippen LogP contribution in [0, 0.1) is 0 Å². The predicted molar refractivity (Wildman–Crippen MR) is 61.0 cm³/mol. The normalized spacial score (nSPS) is 15.1. The molecule has 0 bridgehead atoms. The Labute approximate surface area is 91.9 Å². The molecule has 0 spiro atoms. The lowest BCUT2D eigenvalue weighted by Crippen LogP contribution is -2.21. The third-order valence-electron chi connectivity index (χ3n) is 2.30. The van der Waals surface area contributed by atoms with E-state index in [2.05, 4.69) is 37.2 Å². The van der Waals surface area contributed by atoms with Crippen LogP contribution in [-0.4, -0.2) is 28.2 Å². The summed E-state index contributed by atoms with van der Waals surface area (Å²) in [6.45, 7) is 1.88. The Balaban J connectivity index is 2.38. The average molecular weight is 222 g/mol. The van der Waals surface area contributed by atoms with Gasteiger partial charge in [-0.25, -0.2) is 0 Å². The maximum Gasteiger partial charge on any atom is 0.254 e. The molecule has 15 heavy (non-hydrogen) atoms. The van der Waals surface area contributed by atoms with Crippen LogP contribution in [-0.2, 0) is 0 Å². The fourth-order valence-electron chi connectivity index (χ4n) is 1.64. The topological polar surface area (TPSA) is 61.4 Å². The van der Waals surface area contributed by atoms with Crippen molar-refractivity contribution in [2.24, 2.45) is 4.99 Å². The average Bonchev–Trinajstić information content (AvgIpc) is 2.70. The molecule has 1 aliphatic rings. The predicted octanol–water partition coefficient (Wildman–Crippen LogP) is 1.10. The van der Waals surface area contributed by atoms with Crippen LogP contribution in [0.25, 0.3) is 0 Å². The number of H-pyrrole nitrogens is 1. The molecule has 1 N–H and O–H groups in total. The van der Waals surface area contributed by atoms with E-state index in [9.17, 15) is 4.79 Å². The molecule has 1 aliphatic heterocycles. The van der Waals surface area contributed by atoms with Crippen molar-refractivity contribution in [2.45, 2.75) is 12.8 Å². The van der Waals surface area contributed by atoms with Gasteiger partial charge in [-0.05, 0) is 25.1 Å². The maximum atomic E-state index is 11.3. The zero-order valence-corrected chi connectivity index (χ0v) is 8.88. The van der Waals surface area contributed by atoms with Gasteiger partial charge in [0.2, 0.25) is 5.95 Å². The van der Waals surface area contributed by atoms with E-state index in [1.807, 2.05) is 0 Å². The summed E-state index contributed by atoms with van der Waals surface area (Å²) in [4.78, 5) is 23.7. The fraction of sp³-hybridized carbons (Fsp3) is 0.444. The summed E-state index contributed by atoms with van der Waals surface area (Å²) in [5, 5.41) is 2.19. The van der Waals surface area contributed by atoms with Crippen LogP contribution in [0.2, 0.25) is 0 Å². The highest BCUT2D eigenvalue weighted by Crippen LogP contribution is 2.17. The van der Waals surface area contributed by atoms with Gasteiger partial charge >= 0.3 is 0 Å². The second-order valence-electron chi connectivity index (χ2n) is 3.32. The van der Waals surface area contributed by atoms with Crippen LogP contribution in [0.5, 0.6) is 0 Å². The van der Waals surface area contributed by atoms with Crippen LogP contribution in [0.3, 0.4) is 0 Å². The third-order valence-corrected chi connectivity index (χ3v) is 2.39. The lowest BCUT2D eigenvalue weighted by atomic mass is 10.4. The molecule has 78 valence electrons. The summed E-state index contributed by atoms with van der Waals surface area (Å²) in [7, 11) is 0. The van der Waals surface area contributed by atoms with Gasteiger partial charge in [-0.1, -0.05) is 0 Å². The Morgan fingerprint density at radius 2 is 2.27 bits per heavy atom. The molecule has 1 aromatic rings. The zero-order chi connectivity index (χ0) is 10.7. The number of aromatic nitrogens is 2. The Morgan fingerprint density at radius 1 is 1.53 bits per heavy atom. The number of rotatable bonds is 2. The lowest BCUT2D eigenvalue weighted by Gasteiger charge is -2.15. The van der Waals surface area contributed by atoms with Gasteiger partial charge in [0.05, 0.1) is 5.16 Å². The molecule has 1 aromatic heterocycles. The van der Waals surface area contributed by atoms with Crippen molar-refractivity contribution >= 4 is 29.1 Å². The third kappa shape index (κ3) is 2.29. The van der Waals surface area contributed by atoms with E-state index >= 15 is 0 Å². The molecule has 0 saturated carbocycles. The minimum Gasteiger partial charge on any atom is -0.356 e. The summed E-state index contributed by atoms with van der Waals surface area (Å²) in [6, 6.07) is 1.48. The van der Waals surface area contributed by atoms with Crippen molar-refractivity contribution in [1.29, 1.82) is 0 Å². The molecule has 1 saturated heterocycles. The monoisotopic (exact) mass is 222 g/mol. The summed E-state index contributed by atoms with van der Waals surface area (Å²) < 4.78 is 0. The molecular weight excluding hydrogens is 212 g/mol. The molecule has 2 heterocycles. The van der Waals surface area contributed by atoms with Gasteiger partial charge < -0.3 is 4.90 Å². The molecule has 1 fully saturated rings. The van der Waals surface area contributed by atoms with Crippen LogP contribution >= 0.6 is 12.2 Å². The van der Waals surface area contributed by atoms with Crippen molar-refractivity contribution in [3.8, 4) is 0 Å². The summed E-state index contributed by atoms with van der Waals surface area (Å²) in [5.74, 6) is 0.889. The number of nitrogens with one attached hydrogen (secondary N) is 1. The van der Waals surface area contributed by atoms with Crippen LogP contribution in [0.1, 0.15) is 12.8 Å². The summed E-state index contributed by atoms with van der Waals surface area (Å²) >= 11 is 4.46. The number of thiocarbonyl (C=S) groups is 1. The van der Waals surface area contributed by atoms with Crippen molar-refractivity contribution in [1.82, 2.24) is 9.97 Å². The van der Waals surface area contributed by atoms with Gasteiger partial charge in [0.1, 0.15) is 5.82 Å². The van der Waals surface area contributed by atoms with Crippen LogP contribution in [0.4, 0.5) is 11.8 Å². The maximum absolute atomic E-state index is 11.3. The highest BCUT2D eigenvalue weighted by Gasteiger charge is 2.14. The van der Waals surface area contributed by atoms with E-state index in [-0.39, 0.29) is 11.5 Å². The Bertz CT molecular complexity index is 457. The lowest BCUT2D eigenvalue weighted by molar-refractivity contribution is 0.921. The largest absolute Gasteiger partial charge is 0.356 e. The Kier molecular flexibility index (Phi) is 2.89. The van der Waals surface area contributed by atoms with E-state index in [0.717, 1.165) is 25.9 Å². The zero-order valence-electron chi connectivity index (χ0n) is 8.06. The molecule has 0 radical (unpaired) electrons. The number of hydrogen-bond acceptors (Lipinski definition) is 5. The number of anilines is 1. The smallest absolute Gasteiger partial charge is 0.254 e. The van der Waals surface area contributed by atoms with E-state index in [0.29, 0.717) is 5.82 Å². The Hall–Kier alpha value is -1.52. The number of aliphatic imine (C=N–C) groups is 1. The Morgan fingerprint density at radius 3 is 2.93 bits per heavy atom. The molecule has 0 amide bonds. The van der Waals surface area contributed by atoms with Gasteiger partial charge in [0.25, 0.3) is 5.56 Å². The first-order chi connectivity index (χ1) is 7.29. The molecule has 0 aromatic carbocycles. The minimum absolute atomic E-state index is 0.212. The standard InChI is InChI=1S/C9H10N4OS/c14-8-5-7(13-3-1-2-4-13)11-9(12-8)10-6-15/h5H,1-4H2,(H,11,12,14). The van der Waals surface area contributed by atoms with E-state index in [1.54, 1.807) is 0 Å². The van der Waals surface area contributed by atoms with Crippen LogP contribution < -0.4 is 10.5 Å². The highest BCUT2D eigenvalue weighted by atomic mass is 32.1. The molecule has 0 atom stereocenters. The molecule has 0 unspecified atom stereocenters. The second-order valence-corrected chi connectivity index (χ2v) is 3.51. The first kappa shape index (κ1) is 10.0. The SMILES string of the molecule is O=c1cc(N2CCCC2)nc(N=C=S)[nH]1. The second kappa shape index (κ2) is 4.33.